The fourth-order valence-electron chi connectivity index (χ4n) is 5.25. The maximum atomic E-state index is 14.7. The van der Waals surface area contributed by atoms with E-state index in [9.17, 15) is 9.18 Å². The zero-order valence-electron chi connectivity index (χ0n) is 17.7. The predicted octanol–water partition coefficient (Wildman–Crippen LogP) is 6.04. The molecule has 1 heterocycles. The van der Waals surface area contributed by atoms with Crippen LogP contribution >= 0.6 is 0 Å². The summed E-state index contributed by atoms with van der Waals surface area (Å²) in [6.07, 6.45) is 15.1. The molecule has 0 aromatic carbocycles. The fourth-order valence-corrected chi connectivity index (χ4v) is 5.25. The van der Waals surface area contributed by atoms with Gasteiger partial charge in [-0.1, -0.05) is 6.58 Å². The molecule has 0 N–H and O–H groups in total. The van der Waals surface area contributed by atoms with E-state index in [-0.39, 0.29) is 22.7 Å². The van der Waals surface area contributed by atoms with Gasteiger partial charge in [-0.2, -0.15) is 0 Å². The monoisotopic (exact) mass is 397 g/mol. The van der Waals surface area contributed by atoms with Gasteiger partial charge in [0.1, 0.15) is 17.4 Å². The second-order valence-electron chi connectivity index (χ2n) is 9.47. The number of hydrogen-bond donors (Lipinski definition) is 0. The molecule has 0 saturated heterocycles. The van der Waals surface area contributed by atoms with Crippen LogP contribution in [0.15, 0.2) is 52.5 Å². The van der Waals surface area contributed by atoms with Crippen LogP contribution in [0.4, 0.5) is 4.39 Å². The number of carbonyl (C=O) groups excluding carboxylic acids is 1. The number of aliphatic imine (C=N–C) groups is 1. The Kier molecular flexibility index (Phi) is 5.39. The van der Waals surface area contributed by atoms with E-state index in [1.54, 1.807) is 12.3 Å². The molecule has 4 aliphatic carbocycles. The standard InChI is InChI=1S/C25H32FNO2/c1-4-20(15-22(26)17(2)21-7-14-27-18(21)3)29-16-24-8-11-25(12-9-24,13-10-24)23(28)19-5-6-19/h4,7,14-15,18-19H,2,5-6,8-13,16H2,1,3H3/b20-4+,22-15+. The van der Waals surface area contributed by atoms with E-state index in [1.165, 1.54) is 6.08 Å². The number of nitrogens with zero attached hydrogens (tertiary/aromatic N) is 1. The van der Waals surface area contributed by atoms with E-state index in [1.807, 2.05) is 19.9 Å². The van der Waals surface area contributed by atoms with E-state index in [2.05, 4.69) is 11.6 Å². The maximum absolute atomic E-state index is 14.7. The lowest BCUT2D eigenvalue weighted by molar-refractivity contribution is -0.141. The molecule has 1 atom stereocenters. The molecule has 1 unspecified atom stereocenters. The van der Waals surface area contributed by atoms with Crippen molar-refractivity contribution in [3.8, 4) is 0 Å². The minimum atomic E-state index is -0.375. The Morgan fingerprint density at radius 3 is 2.45 bits per heavy atom. The van der Waals surface area contributed by atoms with Crippen molar-refractivity contribution in [3.63, 3.8) is 0 Å². The van der Waals surface area contributed by atoms with Crippen molar-refractivity contribution in [3.05, 3.63) is 47.5 Å². The first-order valence-corrected chi connectivity index (χ1v) is 11.0. The van der Waals surface area contributed by atoms with Crippen LogP contribution in [0.25, 0.3) is 0 Å². The topological polar surface area (TPSA) is 38.7 Å². The maximum Gasteiger partial charge on any atom is 0.142 e. The van der Waals surface area contributed by atoms with E-state index in [0.29, 0.717) is 29.6 Å². The molecule has 5 aliphatic rings. The lowest BCUT2D eigenvalue weighted by Gasteiger charge is -2.52. The highest BCUT2D eigenvalue weighted by molar-refractivity contribution is 5.89. The number of allylic oxidation sites excluding steroid dienone is 4. The van der Waals surface area contributed by atoms with Gasteiger partial charge in [0.15, 0.2) is 0 Å². The predicted molar refractivity (Wildman–Crippen MR) is 114 cm³/mol. The van der Waals surface area contributed by atoms with Gasteiger partial charge in [0.25, 0.3) is 0 Å². The van der Waals surface area contributed by atoms with Crippen molar-refractivity contribution in [2.75, 3.05) is 6.61 Å². The number of rotatable bonds is 8. The van der Waals surface area contributed by atoms with Crippen LogP contribution < -0.4 is 0 Å². The average molecular weight is 398 g/mol. The number of ketones is 1. The van der Waals surface area contributed by atoms with Gasteiger partial charge < -0.3 is 4.74 Å². The first kappa shape index (κ1) is 20.3. The molecule has 4 saturated carbocycles. The van der Waals surface area contributed by atoms with Crippen LogP contribution in [-0.4, -0.2) is 24.6 Å². The van der Waals surface area contributed by atoms with Gasteiger partial charge >= 0.3 is 0 Å². The lowest BCUT2D eigenvalue weighted by Crippen LogP contribution is -2.48. The molecular weight excluding hydrogens is 365 g/mol. The molecule has 2 bridgehead atoms. The minimum absolute atomic E-state index is 0.0378. The SMILES string of the molecule is C=C(C1=CC=NC1C)/C(F)=C\C(=C/C)OCC12CCC(C(=O)C3CC3)(CC1)CC2. The normalized spacial score (nSPS) is 34.3. The van der Waals surface area contributed by atoms with Crippen LogP contribution in [0, 0.1) is 16.7 Å². The van der Waals surface area contributed by atoms with Gasteiger partial charge in [0.2, 0.25) is 0 Å². The number of fused-ring (bicyclic) bond motifs is 3. The van der Waals surface area contributed by atoms with Gasteiger partial charge in [-0.3, -0.25) is 9.79 Å². The molecule has 0 radical (unpaired) electrons. The zero-order chi connectivity index (χ0) is 20.6. The fraction of sp³-hybridized carbons (Fsp3) is 0.600. The molecule has 5 rings (SSSR count). The van der Waals surface area contributed by atoms with Crippen molar-refractivity contribution >= 4 is 12.0 Å². The molecule has 0 aromatic heterocycles. The van der Waals surface area contributed by atoms with Gasteiger partial charge in [0.05, 0.1) is 12.6 Å². The number of hydrogen-bond acceptors (Lipinski definition) is 3. The third-order valence-corrected chi connectivity index (χ3v) is 7.62. The van der Waals surface area contributed by atoms with E-state index in [4.69, 9.17) is 4.74 Å². The molecule has 0 amide bonds. The number of ether oxygens (including phenoxy) is 1. The molecule has 0 spiro atoms. The van der Waals surface area contributed by atoms with Crippen LogP contribution in [0.3, 0.4) is 0 Å². The summed E-state index contributed by atoms with van der Waals surface area (Å²) in [4.78, 5) is 17.0. The summed E-state index contributed by atoms with van der Waals surface area (Å²) in [5, 5.41) is 0. The van der Waals surface area contributed by atoms with Crippen LogP contribution in [0.5, 0.6) is 0 Å². The largest absolute Gasteiger partial charge is 0.493 e. The van der Waals surface area contributed by atoms with Crippen LogP contribution in [0.2, 0.25) is 0 Å². The first-order valence-electron chi connectivity index (χ1n) is 11.0. The van der Waals surface area contributed by atoms with E-state index in [0.717, 1.165) is 56.9 Å². The van der Waals surface area contributed by atoms with Crippen LogP contribution in [0.1, 0.15) is 65.2 Å². The van der Waals surface area contributed by atoms with Crippen molar-refractivity contribution in [1.82, 2.24) is 0 Å². The van der Waals surface area contributed by atoms with Crippen molar-refractivity contribution in [1.29, 1.82) is 0 Å². The smallest absolute Gasteiger partial charge is 0.142 e. The van der Waals surface area contributed by atoms with Crippen molar-refractivity contribution < 1.29 is 13.9 Å². The highest BCUT2D eigenvalue weighted by Gasteiger charge is 2.54. The lowest BCUT2D eigenvalue weighted by atomic mass is 9.52. The Labute approximate surface area is 173 Å². The summed E-state index contributed by atoms with van der Waals surface area (Å²) in [5.74, 6) is 1.07. The van der Waals surface area contributed by atoms with Gasteiger partial charge in [0, 0.05) is 34.6 Å². The second-order valence-corrected chi connectivity index (χ2v) is 9.47. The van der Waals surface area contributed by atoms with E-state index < -0.39 is 0 Å². The second kappa shape index (κ2) is 7.70. The summed E-state index contributed by atoms with van der Waals surface area (Å²) in [6, 6.07) is -0.0568. The molecule has 156 valence electrons. The van der Waals surface area contributed by atoms with Gasteiger partial charge in [-0.25, -0.2) is 4.39 Å². The van der Waals surface area contributed by atoms with Gasteiger partial charge in [-0.15, -0.1) is 0 Å². The number of carbonyl (C=O) groups is 1. The molecule has 29 heavy (non-hydrogen) atoms. The summed E-state index contributed by atoms with van der Waals surface area (Å²) in [6.45, 7) is 8.29. The summed E-state index contributed by atoms with van der Waals surface area (Å²) >= 11 is 0. The molecule has 0 aromatic rings. The molecule has 3 nitrogen and oxygen atoms in total. The van der Waals surface area contributed by atoms with Crippen LogP contribution in [-0.2, 0) is 9.53 Å². The minimum Gasteiger partial charge on any atom is -0.493 e. The summed E-state index contributed by atoms with van der Waals surface area (Å²) in [5.41, 5.74) is 1.28. The Morgan fingerprint density at radius 1 is 1.28 bits per heavy atom. The van der Waals surface area contributed by atoms with Gasteiger partial charge in [-0.05, 0) is 82.9 Å². The number of Topliss-reactive ketones (excluding diaryl/α,β-unsaturated/α-hetero) is 1. The Morgan fingerprint density at radius 2 is 1.93 bits per heavy atom. The van der Waals surface area contributed by atoms with E-state index >= 15 is 0 Å². The molecule has 4 fully saturated rings. The quantitative estimate of drug-likeness (QED) is 0.370. The third-order valence-electron chi connectivity index (χ3n) is 7.62. The summed E-state index contributed by atoms with van der Waals surface area (Å²) in [7, 11) is 0. The Hall–Kier alpha value is -1.97. The highest BCUT2D eigenvalue weighted by Crippen LogP contribution is 2.59. The van der Waals surface area contributed by atoms with Crippen molar-refractivity contribution in [2.24, 2.45) is 21.7 Å². The molecule has 1 aliphatic heterocycles. The first-order chi connectivity index (χ1) is 13.9. The van der Waals surface area contributed by atoms with Crippen molar-refractivity contribution in [2.45, 2.75) is 71.3 Å². The Bertz CT molecular complexity index is 803. The Balaban J connectivity index is 1.35. The molecule has 4 heteroatoms. The zero-order valence-corrected chi connectivity index (χ0v) is 17.7. The highest BCUT2D eigenvalue weighted by atomic mass is 19.1. The summed E-state index contributed by atoms with van der Waals surface area (Å²) < 4.78 is 20.8. The average Bonchev–Trinajstić information content (AvgIpc) is 3.51. The number of halogens is 1. The third kappa shape index (κ3) is 3.91. The molecular formula is C25H32FNO2.